The Kier molecular flexibility index (Phi) is 4.88. The molecular formula is C14H21ClN4O2. The molecular weight excluding hydrogens is 292 g/mol. The van der Waals surface area contributed by atoms with E-state index < -0.39 is 5.60 Å². The Morgan fingerprint density at radius 2 is 2.24 bits per heavy atom. The maximum atomic E-state index is 12.1. The molecule has 2 heterocycles. The lowest BCUT2D eigenvalue weighted by atomic mass is 10.1. The van der Waals surface area contributed by atoms with Crippen LogP contribution in [0.4, 0.5) is 10.6 Å². The predicted octanol–water partition coefficient (Wildman–Crippen LogP) is 2.94. The molecule has 0 aliphatic carbocycles. The maximum absolute atomic E-state index is 12.1. The average molecular weight is 313 g/mol. The summed E-state index contributed by atoms with van der Waals surface area (Å²) in [5, 5.41) is 3.61. The molecule has 1 saturated heterocycles. The molecule has 1 aliphatic rings. The average Bonchev–Trinajstić information content (AvgIpc) is 2.37. The number of aromatic nitrogens is 2. The molecule has 1 atom stereocenters. The van der Waals surface area contributed by atoms with Crippen LogP contribution in [-0.4, -0.2) is 45.7 Å². The molecule has 0 aromatic carbocycles. The standard InChI is InChI=1S/C14H21ClN4O2/c1-14(2,3)21-13(20)19-6-4-5-10(9-19)17-12-8-16-7-11(15)18-12/h7-8,10H,4-6,9H2,1-3H3,(H,17,18). The first-order chi connectivity index (χ1) is 9.83. The number of nitrogens with zero attached hydrogens (tertiary/aromatic N) is 3. The zero-order valence-electron chi connectivity index (χ0n) is 12.6. The van der Waals surface area contributed by atoms with Gasteiger partial charge in [-0.3, -0.25) is 4.98 Å². The van der Waals surface area contributed by atoms with Gasteiger partial charge in [0.1, 0.15) is 16.6 Å². The van der Waals surface area contributed by atoms with Crippen LogP contribution < -0.4 is 5.32 Å². The molecule has 2 rings (SSSR count). The number of halogens is 1. The minimum Gasteiger partial charge on any atom is -0.444 e. The van der Waals surface area contributed by atoms with Crippen molar-refractivity contribution in [2.45, 2.75) is 45.3 Å². The number of anilines is 1. The molecule has 6 nitrogen and oxygen atoms in total. The topological polar surface area (TPSA) is 67.3 Å². The summed E-state index contributed by atoms with van der Waals surface area (Å²) in [7, 11) is 0. The number of amides is 1. The molecule has 1 aromatic heterocycles. The van der Waals surface area contributed by atoms with Gasteiger partial charge in [0, 0.05) is 19.1 Å². The number of carbonyl (C=O) groups excluding carboxylic acids is 1. The molecule has 0 radical (unpaired) electrons. The fraction of sp³-hybridized carbons (Fsp3) is 0.643. The number of rotatable bonds is 2. The molecule has 1 amide bonds. The van der Waals surface area contributed by atoms with E-state index >= 15 is 0 Å². The monoisotopic (exact) mass is 312 g/mol. The Morgan fingerprint density at radius 3 is 2.90 bits per heavy atom. The zero-order valence-corrected chi connectivity index (χ0v) is 13.4. The lowest BCUT2D eigenvalue weighted by molar-refractivity contribution is 0.0206. The second-order valence-electron chi connectivity index (χ2n) is 6.14. The van der Waals surface area contributed by atoms with Crippen molar-refractivity contribution in [3.8, 4) is 0 Å². The van der Waals surface area contributed by atoms with E-state index in [1.54, 1.807) is 11.1 Å². The van der Waals surface area contributed by atoms with Crippen LogP contribution in [0.3, 0.4) is 0 Å². The third-order valence-electron chi connectivity index (χ3n) is 3.03. The van der Waals surface area contributed by atoms with Crippen LogP contribution in [-0.2, 0) is 4.74 Å². The first-order valence-corrected chi connectivity index (χ1v) is 7.43. The van der Waals surface area contributed by atoms with E-state index in [-0.39, 0.29) is 12.1 Å². The Hall–Kier alpha value is -1.56. The van der Waals surface area contributed by atoms with E-state index in [4.69, 9.17) is 16.3 Å². The summed E-state index contributed by atoms with van der Waals surface area (Å²) in [6.07, 6.45) is 4.73. The van der Waals surface area contributed by atoms with Crippen molar-refractivity contribution in [3.05, 3.63) is 17.5 Å². The normalized spacial score (nSPS) is 19.2. The molecule has 1 aromatic rings. The van der Waals surface area contributed by atoms with Gasteiger partial charge in [0.15, 0.2) is 0 Å². The molecule has 0 saturated carbocycles. The van der Waals surface area contributed by atoms with E-state index in [0.717, 1.165) is 12.8 Å². The fourth-order valence-corrected chi connectivity index (χ4v) is 2.36. The quantitative estimate of drug-likeness (QED) is 0.909. The van der Waals surface area contributed by atoms with Crippen molar-refractivity contribution in [3.63, 3.8) is 0 Å². The first-order valence-electron chi connectivity index (χ1n) is 7.05. The van der Waals surface area contributed by atoms with Crippen molar-refractivity contribution < 1.29 is 9.53 Å². The van der Waals surface area contributed by atoms with Crippen LogP contribution in [0.15, 0.2) is 12.4 Å². The highest BCUT2D eigenvalue weighted by Crippen LogP contribution is 2.18. The third kappa shape index (κ3) is 5.04. The minimum absolute atomic E-state index is 0.124. The Bertz CT molecular complexity index is 504. The number of likely N-dealkylation sites (tertiary alicyclic amines) is 1. The summed E-state index contributed by atoms with van der Waals surface area (Å²) < 4.78 is 5.40. The van der Waals surface area contributed by atoms with Gasteiger partial charge >= 0.3 is 6.09 Å². The Balaban J connectivity index is 1.93. The highest BCUT2D eigenvalue weighted by Gasteiger charge is 2.27. The molecule has 0 bridgehead atoms. The highest BCUT2D eigenvalue weighted by molar-refractivity contribution is 6.29. The van der Waals surface area contributed by atoms with Gasteiger partial charge in [0.05, 0.1) is 12.4 Å². The van der Waals surface area contributed by atoms with Crippen LogP contribution in [0.1, 0.15) is 33.6 Å². The number of carbonyl (C=O) groups is 1. The first kappa shape index (κ1) is 15.8. The Morgan fingerprint density at radius 1 is 1.48 bits per heavy atom. The minimum atomic E-state index is -0.476. The van der Waals surface area contributed by atoms with Crippen molar-refractivity contribution >= 4 is 23.5 Å². The SMILES string of the molecule is CC(C)(C)OC(=O)N1CCCC(Nc2cncc(Cl)n2)C1. The van der Waals surface area contributed by atoms with E-state index in [2.05, 4.69) is 15.3 Å². The van der Waals surface area contributed by atoms with Gasteiger partial charge in [-0.1, -0.05) is 11.6 Å². The zero-order chi connectivity index (χ0) is 15.5. The van der Waals surface area contributed by atoms with Crippen molar-refractivity contribution in [2.24, 2.45) is 0 Å². The van der Waals surface area contributed by atoms with Gasteiger partial charge in [-0.15, -0.1) is 0 Å². The molecule has 1 aliphatic heterocycles. The van der Waals surface area contributed by atoms with Gasteiger partial charge < -0.3 is 15.0 Å². The molecule has 0 spiro atoms. The summed E-state index contributed by atoms with van der Waals surface area (Å²) in [4.78, 5) is 22.0. The molecule has 116 valence electrons. The summed E-state index contributed by atoms with van der Waals surface area (Å²) >= 11 is 5.82. The van der Waals surface area contributed by atoms with Crippen molar-refractivity contribution in [1.29, 1.82) is 0 Å². The van der Waals surface area contributed by atoms with E-state index in [1.807, 2.05) is 20.8 Å². The molecule has 7 heteroatoms. The molecule has 1 N–H and O–H groups in total. The molecule has 1 fully saturated rings. The number of hydrogen-bond donors (Lipinski definition) is 1. The highest BCUT2D eigenvalue weighted by atomic mass is 35.5. The van der Waals surface area contributed by atoms with Crippen LogP contribution in [0.5, 0.6) is 0 Å². The van der Waals surface area contributed by atoms with E-state index in [0.29, 0.717) is 24.1 Å². The number of nitrogens with one attached hydrogen (secondary N) is 1. The lowest BCUT2D eigenvalue weighted by Gasteiger charge is -2.34. The van der Waals surface area contributed by atoms with Crippen LogP contribution in [0, 0.1) is 0 Å². The summed E-state index contributed by atoms with van der Waals surface area (Å²) in [5.41, 5.74) is -0.476. The van der Waals surface area contributed by atoms with Gasteiger partial charge in [-0.05, 0) is 33.6 Å². The Labute approximate surface area is 129 Å². The molecule has 1 unspecified atom stereocenters. The second kappa shape index (κ2) is 6.47. The van der Waals surface area contributed by atoms with Crippen molar-refractivity contribution in [1.82, 2.24) is 14.9 Å². The summed E-state index contributed by atoms with van der Waals surface area (Å²) in [5.74, 6) is 0.624. The van der Waals surface area contributed by atoms with Gasteiger partial charge in [-0.25, -0.2) is 9.78 Å². The van der Waals surface area contributed by atoms with Gasteiger partial charge in [0.2, 0.25) is 0 Å². The maximum Gasteiger partial charge on any atom is 0.410 e. The largest absolute Gasteiger partial charge is 0.444 e. The smallest absolute Gasteiger partial charge is 0.410 e. The van der Waals surface area contributed by atoms with Crippen LogP contribution in [0.2, 0.25) is 5.15 Å². The predicted molar refractivity (Wildman–Crippen MR) is 81.5 cm³/mol. The van der Waals surface area contributed by atoms with E-state index in [9.17, 15) is 4.79 Å². The lowest BCUT2D eigenvalue weighted by Crippen LogP contribution is -2.47. The fourth-order valence-electron chi connectivity index (χ4n) is 2.21. The third-order valence-corrected chi connectivity index (χ3v) is 3.21. The number of piperidine rings is 1. The molecule has 21 heavy (non-hydrogen) atoms. The van der Waals surface area contributed by atoms with Gasteiger partial charge in [-0.2, -0.15) is 0 Å². The van der Waals surface area contributed by atoms with E-state index in [1.165, 1.54) is 6.20 Å². The number of ether oxygens (including phenoxy) is 1. The second-order valence-corrected chi connectivity index (χ2v) is 6.52. The number of hydrogen-bond acceptors (Lipinski definition) is 5. The van der Waals surface area contributed by atoms with Crippen LogP contribution >= 0.6 is 11.6 Å². The summed E-state index contributed by atoms with van der Waals surface area (Å²) in [6, 6.07) is 0.124. The van der Waals surface area contributed by atoms with Crippen molar-refractivity contribution in [2.75, 3.05) is 18.4 Å². The summed E-state index contributed by atoms with van der Waals surface area (Å²) in [6.45, 7) is 6.90. The van der Waals surface area contributed by atoms with Gasteiger partial charge in [0.25, 0.3) is 0 Å². The van der Waals surface area contributed by atoms with Crippen LogP contribution in [0.25, 0.3) is 0 Å².